The molecule has 198 valence electrons. The van der Waals surface area contributed by atoms with E-state index in [2.05, 4.69) is 10.6 Å². The predicted molar refractivity (Wildman–Crippen MR) is 129 cm³/mol. The summed E-state index contributed by atoms with van der Waals surface area (Å²) in [4.78, 5) is 38.8. The molecule has 10 heteroatoms. The Bertz CT molecular complexity index is 892. The first-order chi connectivity index (χ1) is 16.2. The van der Waals surface area contributed by atoms with Crippen LogP contribution in [0.2, 0.25) is 0 Å². The van der Waals surface area contributed by atoms with E-state index >= 15 is 0 Å². The average molecular weight is 500 g/mol. The van der Waals surface area contributed by atoms with Gasteiger partial charge in [0.15, 0.2) is 6.10 Å². The number of aromatic hydroxyl groups is 1. The summed E-state index contributed by atoms with van der Waals surface area (Å²) in [5.74, 6) is -6.01. The van der Waals surface area contributed by atoms with Gasteiger partial charge in [0.25, 0.3) is 17.7 Å². The molecule has 35 heavy (non-hydrogen) atoms. The minimum Gasteiger partial charge on any atom is -0.508 e. The molecule has 3 amide bonds. The van der Waals surface area contributed by atoms with Gasteiger partial charge in [0, 0.05) is 24.1 Å². The Morgan fingerprint density at radius 2 is 1.77 bits per heavy atom. The van der Waals surface area contributed by atoms with Crippen LogP contribution in [0.3, 0.4) is 0 Å². The number of nitrogens with one attached hydrogen (secondary N) is 2. The average Bonchev–Trinajstić information content (AvgIpc) is 2.75. The zero-order valence-corrected chi connectivity index (χ0v) is 21.5. The number of nitrogens with zero attached hydrogens (tertiary/aromatic N) is 1. The minimum atomic E-state index is -3.27. The lowest BCUT2D eigenvalue weighted by Gasteiger charge is -2.32. The summed E-state index contributed by atoms with van der Waals surface area (Å²) in [7, 11) is 0. The van der Waals surface area contributed by atoms with Crippen molar-refractivity contribution in [1.29, 1.82) is 0 Å². The maximum Gasteiger partial charge on any atom is 0.265 e. The molecule has 8 nitrogen and oxygen atoms in total. The first-order valence-electron chi connectivity index (χ1n) is 11.9. The maximum atomic E-state index is 14.6. The molecule has 0 aromatic heterocycles. The van der Waals surface area contributed by atoms with Gasteiger partial charge in [-0.3, -0.25) is 14.4 Å². The molecule has 0 saturated heterocycles. The Kier molecular flexibility index (Phi) is 11.6. The predicted octanol–water partition coefficient (Wildman–Crippen LogP) is 2.91. The van der Waals surface area contributed by atoms with Crippen LogP contribution in [0.15, 0.2) is 12.1 Å². The van der Waals surface area contributed by atoms with Crippen LogP contribution in [0, 0.1) is 19.8 Å². The summed E-state index contributed by atoms with van der Waals surface area (Å²) >= 11 is 0. The van der Waals surface area contributed by atoms with E-state index in [0.717, 1.165) is 0 Å². The summed E-state index contributed by atoms with van der Waals surface area (Å²) in [6.45, 7) is 8.59. The minimum absolute atomic E-state index is 0.0727. The fourth-order valence-electron chi connectivity index (χ4n) is 3.73. The molecule has 0 fully saturated rings. The first-order valence-corrected chi connectivity index (χ1v) is 11.9. The molecule has 2 unspecified atom stereocenters. The van der Waals surface area contributed by atoms with Crippen LogP contribution in [0.5, 0.6) is 5.75 Å². The van der Waals surface area contributed by atoms with Gasteiger partial charge >= 0.3 is 0 Å². The molecule has 0 bridgehead atoms. The number of phenolic OH excluding ortho intramolecular Hbond substituents is 1. The monoisotopic (exact) mass is 499 g/mol. The van der Waals surface area contributed by atoms with Crippen molar-refractivity contribution in [2.45, 2.75) is 78.9 Å². The maximum absolute atomic E-state index is 14.6. The zero-order valence-electron chi connectivity index (χ0n) is 21.5. The number of benzene rings is 1. The van der Waals surface area contributed by atoms with E-state index in [1.165, 1.54) is 6.07 Å². The van der Waals surface area contributed by atoms with Gasteiger partial charge in [-0.15, -0.1) is 0 Å². The zero-order chi connectivity index (χ0) is 26.9. The highest BCUT2D eigenvalue weighted by atomic mass is 19.3. The molecular weight excluding hydrogens is 460 g/mol. The van der Waals surface area contributed by atoms with Crippen LogP contribution in [-0.4, -0.2) is 70.5 Å². The number of alkyl halides is 2. The molecule has 1 rings (SSSR count). The molecular formula is C25H39F2N3O5. The van der Waals surface area contributed by atoms with Gasteiger partial charge in [-0.2, -0.15) is 0 Å². The third-order valence-electron chi connectivity index (χ3n) is 5.51. The van der Waals surface area contributed by atoms with E-state index in [1.807, 2.05) is 6.92 Å². The van der Waals surface area contributed by atoms with Crippen molar-refractivity contribution < 1.29 is 33.4 Å². The highest BCUT2D eigenvalue weighted by Crippen LogP contribution is 2.25. The number of aliphatic hydroxyl groups excluding tert-OH is 1. The number of aliphatic hydroxyl groups is 1. The number of halogens is 2. The van der Waals surface area contributed by atoms with Gasteiger partial charge < -0.3 is 25.7 Å². The Morgan fingerprint density at radius 3 is 2.31 bits per heavy atom. The number of phenols is 1. The van der Waals surface area contributed by atoms with Gasteiger partial charge in [0.05, 0.1) is 19.1 Å². The lowest BCUT2D eigenvalue weighted by atomic mass is 10.0. The molecule has 4 N–H and O–H groups in total. The number of aryl methyl sites for hydroxylation is 1. The highest BCUT2D eigenvalue weighted by molar-refractivity contribution is 5.97. The second kappa shape index (κ2) is 13.4. The molecule has 0 aliphatic heterocycles. The van der Waals surface area contributed by atoms with Crippen LogP contribution in [0.25, 0.3) is 0 Å². The SMILES string of the molecule is CCCNC(=O)CN(CC(F)(F)CC(C)C)C(=O)C(O)C(CC)NC(=O)c1cc(C)cc(O)c1C. The topological polar surface area (TPSA) is 119 Å². The standard InChI is InChI=1S/C25H39F2N3O5/c1-7-9-28-21(32)13-30(14-25(26,27)12-15(3)4)24(35)22(33)19(8-2)29-23(34)18-10-16(5)11-20(31)17(18)6/h10-11,15,19,22,31,33H,7-9,12-14H2,1-6H3,(H,28,32)(H,29,34). The Labute approximate surface area is 206 Å². The molecule has 0 spiro atoms. The van der Waals surface area contributed by atoms with Crippen LogP contribution < -0.4 is 10.6 Å². The van der Waals surface area contributed by atoms with Gasteiger partial charge in [0.2, 0.25) is 5.91 Å². The van der Waals surface area contributed by atoms with Gasteiger partial charge in [-0.25, -0.2) is 8.78 Å². The summed E-state index contributed by atoms with van der Waals surface area (Å²) in [6.07, 6.45) is -1.60. The Balaban J connectivity index is 3.12. The summed E-state index contributed by atoms with van der Waals surface area (Å²) in [5.41, 5.74) is 1.13. The third-order valence-corrected chi connectivity index (χ3v) is 5.51. The van der Waals surface area contributed by atoms with Crippen LogP contribution >= 0.6 is 0 Å². The highest BCUT2D eigenvalue weighted by Gasteiger charge is 2.38. The second-order valence-corrected chi connectivity index (χ2v) is 9.39. The van der Waals surface area contributed by atoms with E-state index in [-0.39, 0.29) is 23.7 Å². The quantitative estimate of drug-likeness (QED) is 0.333. The summed E-state index contributed by atoms with van der Waals surface area (Å²) < 4.78 is 29.2. The normalized spacial score (nSPS) is 13.3. The number of hydrogen-bond donors (Lipinski definition) is 4. The van der Waals surface area contributed by atoms with Crippen molar-refractivity contribution in [2.75, 3.05) is 19.6 Å². The molecule has 1 aromatic rings. The molecule has 2 atom stereocenters. The third kappa shape index (κ3) is 9.43. The van der Waals surface area contributed by atoms with Crippen molar-refractivity contribution in [3.05, 3.63) is 28.8 Å². The van der Waals surface area contributed by atoms with E-state index in [1.54, 1.807) is 40.7 Å². The molecule has 0 aliphatic carbocycles. The number of carbonyl (C=O) groups is 3. The molecule has 0 radical (unpaired) electrons. The smallest absolute Gasteiger partial charge is 0.265 e. The van der Waals surface area contributed by atoms with Crippen molar-refractivity contribution in [2.24, 2.45) is 5.92 Å². The van der Waals surface area contributed by atoms with E-state index in [4.69, 9.17) is 0 Å². The molecule has 1 aromatic carbocycles. The Morgan fingerprint density at radius 1 is 1.14 bits per heavy atom. The van der Waals surface area contributed by atoms with Crippen LogP contribution in [0.1, 0.15) is 68.4 Å². The first kappa shape index (κ1) is 30.3. The van der Waals surface area contributed by atoms with E-state index < -0.39 is 55.3 Å². The number of carbonyl (C=O) groups excluding carboxylic acids is 3. The fraction of sp³-hybridized carbons (Fsp3) is 0.640. The lowest BCUT2D eigenvalue weighted by molar-refractivity contribution is -0.150. The largest absolute Gasteiger partial charge is 0.508 e. The van der Waals surface area contributed by atoms with Crippen molar-refractivity contribution in [1.82, 2.24) is 15.5 Å². The van der Waals surface area contributed by atoms with E-state index in [0.29, 0.717) is 29.0 Å². The van der Waals surface area contributed by atoms with Crippen molar-refractivity contribution in [3.63, 3.8) is 0 Å². The van der Waals surface area contributed by atoms with Gasteiger partial charge in [-0.05, 0) is 50.3 Å². The van der Waals surface area contributed by atoms with Crippen LogP contribution in [-0.2, 0) is 9.59 Å². The Hall–Kier alpha value is -2.75. The number of hydrogen-bond acceptors (Lipinski definition) is 5. The second-order valence-electron chi connectivity index (χ2n) is 9.39. The molecule has 0 saturated carbocycles. The van der Waals surface area contributed by atoms with Crippen molar-refractivity contribution in [3.8, 4) is 5.75 Å². The molecule has 0 heterocycles. The molecule has 0 aliphatic rings. The van der Waals surface area contributed by atoms with E-state index in [9.17, 15) is 33.4 Å². The van der Waals surface area contributed by atoms with Crippen molar-refractivity contribution >= 4 is 17.7 Å². The summed E-state index contributed by atoms with van der Waals surface area (Å²) in [6, 6.07) is 1.96. The number of rotatable bonds is 13. The van der Waals surface area contributed by atoms with Gasteiger partial charge in [0.1, 0.15) is 5.75 Å². The van der Waals surface area contributed by atoms with Gasteiger partial charge in [-0.1, -0.05) is 27.7 Å². The number of amides is 3. The van der Waals surface area contributed by atoms with Crippen LogP contribution in [0.4, 0.5) is 8.78 Å². The fourth-order valence-corrected chi connectivity index (χ4v) is 3.73. The summed E-state index contributed by atoms with van der Waals surface area (Å²) in [5, 5.41) is 25.9. The lowest BCUT2D eigenvalue weighted by Crippen LogP contribution is -2.55.